The van der Waals surface area contributed by atoms with Crippen molar-refractivity contribution in [1.29, 1.82) is 0 Å². The maximum Gasteiger partial charge on any atom is 0.147 e. The molecule has 3 heteroatoms. The van der Waals surface area contributed by atoms with Crippen LogP contribution in [0.5, 0.6) is 11.5 Å². The minimum Gasteiger partial charge on any atom is -0.456 e. The lowest BCUT2D eigenvalue weighted by Crippen LogP contribution is -1.84. The Morgan fingerprint density at radius 3 is 2.50 bits per heavy atom. The van der Waals surface area contributed by atoms with Crippen LogP contribution < -0.4 is 4.74 Å². The van der Waals surface area contributed by atoms with Gasteiger partial charge in [-0.1, -0.05) is 29.8 Å². The van der Waals surface area contributed by atoms with Crippen LogP contribution in [0, 0.1) is 0 Å². The summed E-state index contributed by atoms with van der Waals surface area (Å²) in [4.78, 5) is 3.92. The molecule has 1 aromatic carbocycles. The molecular formula is C11H8ClNO. The lowest BCUT2D eigenvalue weighted by atomic mass is 10.3. The van der Waals surface area contributed by atoms with Crippen molar-refractivity contribution in [2.45, 2.75) is 0 Å². The van der Waals surface area contributed by atoms with Crippen molar-refractivity contribution >= 4 is 11.6 Å². The first-order valence-electron chi connectivity index (χ1n) is 4.18. The molecular weight excluding hydrogens is 198 g/mol. The number of ether oxygens (including phenoxy) is 1. The largest absolute Gasteiger partial charge is 0.456 e. The Bertz CT molecular complexity index is 417. The van der Waals surface area contributed by atoms with E-state index in [4.69, 9.17) is 16.3 Å². The molecule has 0 radical (unpaired) electrons. The number of nitrogens with zero attached hydrogens (tertiary/aromatic N) is 1. The van der Waals surface area contributed by atoms with E-state index < -0.39 is 0 Å². The van der Waals surface area contributed by atoms with Gasteiger partial charge in [-0.3, -0.25) is 4.98 Å². The van der Waals surface area contributed by atoms with Crippen molar-refractivity contribution in [3.63, 3.8) is 0 Å². The molecule has 1 aromatic heterocycles. The SMILES string of the molecule is Clc1cncc(Oc2ccccc2)c1. The van der Waals surface area contributed by atoms with Crippen LogP contribution in [-0.4, -0.2) is 4.98 Å². The topological polar surface area (TPSA) is 22.1 Å². The molecule has 0 spiro atoms. The highest BCUT2D eigenvalue weighted by atomic mass is 35.5. The minimum absolute atomic E-state index is 0.568. The predicted octanol–water partition coefficient (Wildman–Crippen LogP) is 3.53. The Morgan fingerprint density at radius 2 is 1.79 bits per heavy atom. The molecule has 2 aromatic rings. The van der Waals surface area contributed by atoms with Gasteiger partial charge in [0, 0.05) is 12.3 Å². The molecule has 1 heterocycles. The average Bonchev–Trinajstić information content (AvgIpc) is 2.19. The van der Waals surface area contributed by atoms with Gasteiger partial charge in [-0.15, -0.1) is 0 Å². The fourth-order valence-corrected chi connectivity index (χ4v) is 1.24. The van der Waals surface area contributed by atoms with Crippen molar-refractivity contribution < 1.29 is 4.74 Å². The standard InChI is InChI=1S/C11H8ClNO/c12-9-6-11(8-13-7-9)14-10-4-2-1-3-5-10/h1-8H. The van der Waals surface area contributed by atoms with Crippen LogP contribution >= 0.6 is 11.6 Å². The smallest absolute Gasteiger partial charge is 0.147 e. The van der Waals surface area contributed by atoms with Crippen LogP contribution in [0.2, 0.25) is 5.02 Å². The number of hydrogen-bond acceptors (Lipinski definition) is 2. The van der Waals surface area contributed by atoms with Gasteiger partial charge < -0.3 is 4.74 Å². The van der Waals surface area contributed by atoms with Crippen LogP contribution in [0.25, 0.3) is 0 Å². The number of para-hydroxylation sites is 1. The summed E-state index contributed by atoms with van der Waals surface area (Å²) in [7, 11) is 0. The van der Waals surface area contributed by atoms with Crippen molar-refractivity contribution in [3.05, 3.63) is 53.8 Å². The number of rotatable bonds is 2. The zero-order valence-corrected chi connectivity index (χ0v) is 8.11. The molecule has 0 aliphatic carbocycles. The second kappa shape index (κ2) is 4.11. The van der Waals surface area contributed by atoms with Gasteiger partial charge in [-0.2, -0.15) is 0 Å². The minimum atomic E-state index is 0.568. The second-order valence-electron chi connectivity index (χ2n) is 2.75. The molecule has 2 nitrogen and oxygen atoms in total. The molecule has 0 saturated heterocycles. The average molecular weight is 206 g/mol. The summed E-state index contributed by atoms with van der Waals surface area (Å²) in [5, 5.41) is 0.568. The summed E-state index contributed by atoms with van der Waals surface area (Å²) in [6, 6.07) is 11.2. The highest BCUT2D eigenvalue weighted by Crippen LogP contribution is 2.22. The molecule has 0 N–H and O–H groups in total. The Hall–Kier alpha value is -1.54. The Balaban J connectivity index is 2.19. The second-order valence-corrected chi connectivity index (χ2v) is 3.19. The van der Waals surface area contributed by atoms with Gasteiger partial charge in [-0.25, -0.2) is 0 Å². The molecule has 0 bridgehead atoms. The van der Waals surface area contributed by atoms with E-state index in [1.165, 1.54) is 0 Å². The summed E-state index contributed by atoms with van der Waals surface area (Å²) in [6.45, 7) is 0. The van der Waals surface area contributed by atoms with Crippen LogP contribution in [-0.2, 0) is 0 Å². The highest BCUT2D eigenvalue weighted by molar-refractivity contribution is 6.30. The summed E-state index contributed by atoms with van der Waals surface area (Å²) >= 11 is 5.77. The van der Waals surface area contributed by atoms with Crippen LogP contribution in [0.1, 0.15) is 0 Å². The fraction of sp³-hybridized carbons (Fsp3) is 0. The van der Waals surface area contributed by atoms with E-state index in [1.54, 1.807) is 18.5 Å². The molecule has 70 valence electrons. The molecule has 14 heavy (non-hydrogen) atoms. The molecule has 2 rings (SSSR count). The van der Waals surface area contributed by atoms with Crippen LogP contribution in [0.3, 0.4) is 0 Å². The first-order chi connectivity index (χ1) is 6.84. The van der Waals surface area contributed by atoms with Crippen LogP contribution in [0.15, 0.2) is 48.8 Å². The van der Waals surface area contributed by atoms with E-state index in [0.717, 1.165) is 5.75 Å². The predicted molar refractivity (Wildman–Crippen MR) is 55.8 cm³/mol. The van der Waals surface area contributed by atoms with Crippen molar-refractivity contribution in [3.8, 4) is 11.5 Å². The van der Waals surface area contributed by atoms with E-state index in [0.29, 0.717) is 10.8 Å². The van der Waals surface area contributed by atoms with Gasteiger partial charge >= 0.3 is 0 Å². The summed E-state index contributed by atoms with van der Waals surface area (Å²) in [5.74, 6) is 1.42. The molecule has 0 aliphatic rings. The first-order valence-corrected chi connectivity index (χ1v) is 4.56. The van der Waals surface area contributed by atoms with E-state index in [2.05, 4.69) is 4.98 Å². The normalized spacial score (nSPS) is 9.79. The first kappa shape index (κ1) is 9.03. The third-order valence-electron chi connectivity index (χ3n) is 1.66. The van der Waals surface area contributed by atoms with Crippen molar-refractivity contribution in [2.24, 2.45) is 0 Å². The monoisotopic (exact) mass is 205 g/mol. The van der Waals surface area contributed by atoms with Gasteiger partial charge in [0.25, 0.3) is 0 Å². The molecule has 0 unspecified atom stereocenters. The third-order valence-corrected chi connectivity index (χ3v) is 1.87. The fourth-order valence-electron chi connectivity index (χ4n) is 1.07. The quantitative estimate of drug-likeness (QED) is 0.748. The molecule has 0 aliphatic heterocycles. The lowest BCUT2D eigenvalue weighted by Gasteiger charge is -2.04. The van der Waals surface area contributed by atoms with Crippen molar-refractivity contribution in [2.75, 3.05) is 0 Å². The Labute approximate surface area is 87.1 Å². The molecule has 0 fully saturated rings. The van der Waals surface area contributed by atoms with Crippen molar-refractivity contribution in [1.82, 2.24) is 4.98 Å². The maximum absolute atomic E-state index is 5.77. The van der Waals surface area contributed by atoms with E-state index in [9.17, 15) is 0 Å². The maximum atomic E-state index is 5.77. The third kappa shape index (κ3) is 2.24. The van der Waals surface area contributed by atoms with Gasteiger partial charge in [-0.05, 0) is 12.1 Å². The van der Waals surface area contributed by atoms with Gasteiger partial charge in [0.15, 0.2) is 0 Å². The number of aromatic nitrogens is 1. The zero-order valence-electron chi connectivity index (χ0n) is 7.35. The Morgan fingerprint density at radius 1 is 1.00 bits per heavy atom. The summed E-state index contributed by atoms with van der Waals surface area (Å²) in [6.07, 6.45) is 3.19. The molecule has 0 saturated carbocycles. The van der Waals surface area contributed by atoms with E-state index >= 15 is 0 Å². The van der Waals surface area contributed by atoms with Crippen LogP contribution in [0.4, 0.5) is 0 Å². The highest BCUT2D eigenvalue weighted by Gasteiger charge is 1.96. The number of benzene rings is 1. The summed E-state index contributed by atoms with van der Waals surface area (Å²) < 4.78 is 5.51. The Kier molecular flexibility index (Phi) is 2.65. The number of halogens is 1. The van der Waals surface area contributed by atoms with Gasteiger partial charge in [0.2, 0.25) is 0 Å². The molecule has 0 amide bonds. The lowest BCUT2D eigenvalue weighted by molar-refractivity contribution is 0.480. The van der Waals surface area contributed by atoms with Gasteiger partial charge in [0.05, 0.1) is 11.2 Å². The van der Waals surface area contributed by atoms with E-state index in [-0.39, 0.29) is 0 Å². The number of hydrogen-bond donors (Lipinski definition) is 0. The van der Waals surface area contributed by atoms with E-state index in [1.807, 2.05) is 30.3 Å². The molecule has 0 atom stereocenters. The summed E-state index contributed by atoms with van der Waals surface area (Å²) in [5.41, 5.74) is 0. The van der Waals surface area contributed by atoms with Gasteiger partial charge in [0.1, 0.15) is 11.5 Å². The number of pyridine rings is 1. The zero-order chi connectivity index (χ0) is 9.80.